The van der Waals surface area contributed by atoms with Crippen LogP contribution in [-0.4, -0.2) is 8.42 Å². The van der Waals surface area contributed by atoms with Crippen LogP contribution in [0.4, 0.5) is 5.69 Å². The van der Waals surface area contributed by atoms with Crippen LogP contribution in [0.1, 0.15) is 18.7 Å². The molecule has 0 spiro atoms. The number of nitrogen functional groups attached to an aromatic ring is 1. The van der Waals surface area contributed by atoms with E-state index in [-0.39, 0.29) is 4.21 Å². The van der Waals surface area contributed by atoms with Crippen molar-refractivity contribution < 1.29 is 12.8 Å². The van der Waals surface area contributed by atoms with Gasteiger partial charge in [0.15, 0.2) is 0 Å². The van der Waals surface area contributed by atoms with Gasteiger partial charge in [-0.1, -0.05) is 0 Å². The standard InChI is InChI=1S/C10H12N2O3S2/c1-7(9-3-2-4-15-9)12-17(13,14)10-5-8(11)6-16-10/h2-7,12H,11H2,1H3. The van der Waals surface area contributed by atoms with Gasteiger partial charge in [0, 0.05) is 11.1 Å². The highest BCUT2D eigenvalue weighted by Crippen LogP contribution is 2.23. The van der Waals surface area contributed by atoms with Crippen LogP contribution in [0.25, 0.3) is 0 Å². The molecule has 7 heteroatoms. The molecule has 0 radical (unpaired) electrons. The molecule has 17 heavy (non-hydrogen) atoms. The van der Waals surface area contributed by atoms with Gasteiger partial charge in [0.2, 0.25) is 0 Å². The summed E-state index contributed by atoms with van der Waals surface area (Å²) in [5, 5.41) is 1.59. The first-order chi connectivity index (χ1) is 7.99. The molecule has 5 nitrogen and oxygen atoms in total. The molecule has 0 fully saturated rings. The summed E-state index contributed by atoms with van der Waals surface area (Å²) >= 11 is 1.09. The second-order valence-electron chi connectivity index (χ2n) is 3.56. The molecule has 0 aromatic carbocycles. The summed E-state index contributed by atoms with van der Waals surface area (Å²) in [6.07, 6.45) is 1.50. The van der Waals surface area contributed by atoms with Gasteiger partial charge < -0.3 is 10.2 Å². The Hall–Kier alpha value is -1.31. The van der Waals surface area contributed by atoms with Gasteiger partial charge in [-0.15, -0.1) is 11.3 Å². The molecular formula is C10H12N2O3S2. The van der Waals surface area contributed by atoms with Gasteiger partial charge in [-0.3, -0.25) is 0 Å². The highest BCUT2D eigenvalue weighted by Gasteiger charge is 2.21. The highest BCUT2D eigenvalue weighted by molar-refractivity contribution is 7.91. The molecule has 0 aliphatic heterocycles. The number of furan rings is 1. The largest absolute Gasteiger partial charge is 0.468 e. The maximum absolute atomic E-state index is 12.0. The summed E-state index contributed by atoms with van der Waals surface area (Å²) in [5.74, 6) is 0.568. The number of anilines is 1. The number of rotatable bonds is 4. The van der Waals surface area contributed by atoms with Crippen molar-refractivity contribution in [2.75, 3.05) is 5.73 Å². The van der Waals surface area contributed by atoms with E-state index in [1.165, 1.54) is 12.3 Å². The minimum absolute atomic E-state index is 0.202. The molecule has 2 aromatic heterocycles. The SMILES string of the molecule is CC(NS(=O)(=O)c1cc(N)cs1)c1ccco1. The third-order valence-corrected chi connectivity index (χ3v) is 5.16. The van der Waals surface area contributed by atoms with Crippen LogP contribution in [0, 0.1) is 0 Å². The van der Waals surface area contributed by atoms with E-state index in [0.717, 1.165) is 11.3 Å². The van der Waals surface area contributed by atoms with Crippen molar-refractivity contribution in [1.82, 2.24) is 4.72 Å². The molecule has 0 aliphatic rings. The van der Waals surface area contributed by atoms with Crippen LogP contribution in [0.2, 0.25) is 0 Å². The molecule has 0 bridgehead atoms. The lowest BCUT2D eigenvalue weighted by Crippen LogP contribution is -2.25. The van der Waals surface area contributed by atoms with E-state index in [1.807, 2.05) is 0 Å². The van der Waals surface area contributed by atoms with Gasteiger partial charge in [0.05, 0.1) is 12.3 Å². The lowest BCUT2D eigenvalue weighted by atomic mass is 10.3. The average molecular weight is 272 g/mol. The van der Waals surface area contributed by atoms with Crippen molar-refractivity contribution in [3.63, 3.8) is 0 Å². The van der Waals surface area contributed by atoms with Crippen LogP contribution in [0.15, 0.2) is 38.5 Å². The monoisotopic (exact) mass is 272 g/mol. The Balaban J connectivity index is 2.18. The number of hydrogen-bond acceptors (Lipinski definition) is 5. The normalized spacial score (nSPS) is 13.7. The molecule has 2 aromatic rings. The lowest BCUT2D eigenvalue weighted by Gasteiger charge is -2.10. The first-order valence-corrected chi connectivity index (χ1v) is 7.25. The van der Waals surface area contributed by atoms with Crippen LogP contribution in [-0.2, 0) is 10.0 Å². The minimum Gasteiger partial charge on any atom is -0.468 e. The summed E-state index contributed by atoms with van der Waals surface area (Å²) in [7, 11) is -3.54. The molecule has 0 saturated carbocycles. The fraction of sp³-hybridized carbons (Fsp3) is 0.200. The maximum Gasteiger partial charge on any atom is 0.250 e. The Bertz CT molecular complexity index is 587. The molecule has 0 aliphatic carbocycles. The first-order valence-electron chi connectivity index (χ1n) is 4.89. The van der Waals surface area contributed by atoms with E-state index in [0.29, 0.717) is 11.4 Å². The van der Waals surface area contributed by atoms with Crippen LogP contribution < -0.4 is 10.5 Å². The van der Waals surface area contributed by atoms with Gasteiger partial charge in [0.1, 0.15) is 9.97 Å². The second kappa shape index (κ2) is 4.52. The van der Waals surface area contributed by atoms with Gasteiger partial charge in [-0.05, 0) is 25.1 Å². The Morgan fingerprint density at radius 3 is 2.82 bits per heavy atom. The van der Waals surface area contributed by atoms with Gasteiger partial charge in [-0.25, -0.2) is 13.1 Å². The third kappa shape index (κ3) is 2.68. The van der Waals surface area contributed by atoms with E-state index >= 15 is 0 Å². The van der Waals surface area contributed by atoms with Gasteiger partial charge in [0.25, 0.3) is 10.0 Å². The number of hydrogen-bond donors (Lipinski definition) is 2. The maximum atomic E-state index is 12.0. The van der Waals surface area contributed by atoms with E-state index in [2.05, 4.69) is 4.72 Å². The summed E-state index contributed by atoms with van der Waals surface area (Å²) in [5.41, 5.74) is 5.95. The summed E-state index contributed by atoms with van der Waals surface area (Å²) in [4.78, 5) is 0. The van der Waals surface area contributed by atoms with Crippen molar-refractivity contribution in [2.45, 2.75) is 17.2 Å². The summed E-state index contributed by atoms with van der Waals surface area (Å²) in [6.45, 7) is 1.72. The lowest BCUT2D eigenvalue weighted by molar-refractivity contribution is 0.459. The van der Waals surface area contributed by atoms with E-state index in [1.54, 1.807) is 24.4 Å². The van der Waals surface area contributed by atoms with E-state index in [9.17, 15) is 8.42 Å². The topological polar surface area (TPSA) is 85.3 Å². The molecule has 3 N–H and O–H groups in total. The molecule has 2 rings (SSSR count). The first kappa shape index (κ1) is 12.2. The fourth-order valence-corrected chi connectivity index (χ4v) is 3.67. The van der Waals surface area contributed by atoms with Crippen LogP contribution in [0.5, 0.6) is 0 Å². The zero-order chi connectivity index (χ0) is 12.5. The second-order valence-corrected chi connectivity index (χ2v) is 6.41. The fourth-order valence-electron chi connectivity index (χ4n) is 1.36. The number of thiophene rings is 1. The van der Waals surface area contributed by atoms with Gasteiger partial charge >= 0.3 is 0 Å². The summed E-state index contributed by atoms with van der Waals surface area (Å²) < 4.78 is 31.8. The van der Waals surface area contributed by atoms with Crippen molar-refractivity contribution in [2.24, 2.45) is 0 Å². The van der Waals surface area contributed by atoms with Crippen LogP contribution >= 0.6 is 11.3 Å². The number of nitrogens with two attached hydrogens (primary N) is 1. The zero-order valence-corrected chi connectivity index (χ0v) is 10.7. The van der Waals surface area contributed by atoms with E-state index in [4.69, 9.17) is 10.2 Å². The Morgan fingerprint density at radius 1 is 1.53 bits per heavy atom. The minimum atomic E-state index is -3.54. The number of sulfonamides is 1. The molecule has 2 heterocycles. The molecule has 1 unspecified atom stereocenters. The molecule has 0 amide bonds. The molecule has 92 valence electrons. The highest BCUT2D eigenvalue weighted by atomic mass is 32.2. The quantitative estimate of drug-likeness (QED) is 0.891. The van der Waals surface area contributed by atoms with Crippen molar-refractivity contribution >= 4 is 27.0 Å². The average Bonchev–Trinajstić information content (AvgIpc) is 2.86. The molecule has 0 saturated heterocycles. The van der Waals surface area contributed by atoms with Crippen molar-refractivity contribution in [3.8, 4) is 0 Å². The van der Waals surface area contributed by atoms with Crippen molar-refractivity contribution in [1.29, 1.82) is 0 Å². The predicted octanol–water partition coefficient (Wildman–Crippen LogP) is 1.96. The molecule has 1 atom stereocenters. The molecular weight excluding hydrogens is 260 g/mol. The smallest absolute Gasteiger partial charge is 0.250 e. The predicted molar refractivity (Wildman–Crippen MR) is 66.2 cm³/mol. The zero-order valence-electron chi connectivity index (χ0n) is 9.08. The Kier molecular flexibility index (Phi) is 3.23. The van der Waals surface area contributed by atoms with Gasteiger partial charge in [-0.2, -0.15) is 0 Å². The Labute approximate surface area is 103 Å². The third-order valence-electron chi connectivity index (χ3n) is 2.16. The Morgan fingerprint density at radius 2 is 2.29 bits per heavy atom. The van der Waals surface area contributed by atoms with E-state index < -0.39 is 16.1 Å². The summed E-state index contributed by atoms with van der Waals surface area (Å²) in [6, 6.07) is 4.44. The number of nitrogens with one attached hydrogen (secondary N) is 1. The van der Waals surface area contributed by atoms with Crippen molar-refractivity contribution in [3.05, 3.63) is 35.6 Å². The van der Waals surface area contributed by atoms with Crippen LogP contribution in [0.3, 0.4) is 0 Å².